The Bertz CT molecular complexity index is 762. The lowest BCUT2D eigenvalue weighted by atomic mass is 10.0. The molecule has 2 aliphatic carbocycles. The molecule has 0 aromatic heterocycles. The van der Waals surface area contributed by atoms with Crippen molar-refractivity contribution in [2.75, 3.05) is 60.2 Å². The van der Waals surface area contributed by atoms with Gasteiger partial charge in [-0.1, -0.05) is 6.07 Å². The van der Waals surface area contributed by atoms with E-state index in [1.54, 1.807) is 14.2 Å². The van der Waals surface area contributed by atoms with Gasteiger partial charge in [-0.2, -0.15) is 0 Å². The minimum Gasteiger partial charge on any atom is -0.493 e. The monoisotopic (exact) mass is 558 g/mol. The Labute approximate surface area is 209 Å². The Hall–Kier alpha value is -1.26. The largest absolute Gasteiger partial charge is 0.493 e. The molecule has 3 fully saturated rings. The summed E-state index contributed by atoms with van der Waals surface area (Å²) in [5, 5.41) is 7.07. The first kappa shape index (κ1) is 25.4. The van der Waals surface area contributed by atoms with Crippen LogP contribution in [0.15, 0.2) is 23.2 Å². The molecule has 7 nitrogen and oxygen atoms in total. The van der Waals surface area contributed by atoms with Gasteiger partial charge in [0, 0.05) is 32.7 Å². The Morgan fingerprint density at radius 1 is 1.16 bits per heavy atom. The highest BCUT2D eigenvalue weighted by atomic mass is 127. The molecule has 180 valence electrons. The Morgan fingerprint density at radius 2 is 1.88 bits per heavy atom. The van der Waals surface area contributed by atoms with E-state index in [0.717, 1.165) is 69.3 Å². The van der Waals surface area contributed by atoms with E-state index in [1.807, 2.05) is 6.07 Å². The van der Waals surface area contributed by atoms with Crippen molar-refractivity contribution in [2.45, 2.75) is 38.6 Å². The first-order valence-electron chi connectivity index (χ1n) is 11.7. The van der Waals surface area contributed by atoms with E-state index in [0.29, 0.717) is 5.41 Å². The number of rotatable bonds is 10. The molecule has 4 rings (SSSR count). The molecule has 1 heterocycles. The fourth-order valence-electron chi connectivity index (χ4n) is 4.73. The summed E-state index contributed by atoms with van der Waals surface area (Å²) in [5.41, 5.74) is 1.72. The SMILES string of the molecule is CCNC(=NCC1(C2CC2)CC1)NCC(c1ccc(OC)c(OC)c1)N1CCOCC1.I. The number of methoxy groups -OCH3 is 2. The van der Waals surface area contributed by atoms with Gasteiger partial charge in [-0.15, -0.1) is 24.0 Å². The van der Waals surface area contributed by atoms with Crippen LogP contribution in [0, 0.1) is 11.3 Å². The van der Waals surface area contributed by atoms with Crippen molar-refractivity contribution in [3.63, 3.8) is 0 Å². The van der Waals surface area contributed by atoms with Crippen molar-refractivity contribution in [1.82, 2.24) is 15.5 Å². The van der Waals surface area contributed by atoms with Crippen LogP contribution < -0.4 is 20.1 Å². The minimum absolute atomic E-state index is 0. The number of hydrogen-bond donors (Lipinski definition) is 2. The van der Waals surface area contributed by atoms with Gasteiger partial charge in [-0.25, -0.2) is 0 Å². The second-order valence-corrected chi connectivity index (χ2v) is 8.99. The zero-order chi connectivity index (χ0) is 21.7. The molecule has 8 heteroatoms. The third-order valence-corrected chi connectivity index (χ3v) is 6.97. The molecular formula is C24H39IN4O3. The summed E-state index contributed by atoms with van der Waals surface area (Å²) >= 11 is 0. The summed E-state index contributed by atoms with van der Waals surface area (Å²) in [7, 11) is 3.36. The summed E-state index contributed by atoms with van der Waals surface area (Å²) in [6.07, 6.45) is 5.50. The number of aliphatic imine (C=N–C) groups is 1. The minimum atomic E-state index is 0. The van der Waals surface area contributed by atoms with Crippen LogP contribution in [0.1, 0.15) is 44.2 Å². The summed E-state index contributed by atoms with van der Waals surface area (Å²) < 4.78 is 16.6. The van der Waals surface area contributed by atoms with E-state index in [-0.39, 0.29) is 30.0 Å². The van der Waals surface area contributed by atoms with Gasteiger partial charge in [0.1, 0.15) is 0 Å². The van der Waals surface area contributed by atoms with E-state index < -0.39 is 0 Å². The molecule has 0 bridgehead atoms. The van der Waals surface area contributed by atoms with Crippen molar-refractivity contribution in [1.29, 1.82) is 0 Å². The molecule has 1 unspecified atom stereocenters. The molecule has 1 saturated heterocycles. The molecule has 1 aliphatic heterocycles. The number of morpholine rings is 1. The van der Waals surface area contributed by atoms with Crippen LogP contribution in [0.2, 0.25) is 0 Å². The van der Waals surface area contributed by atoms with Gasteiger partial charge in [0.25, 0.3) is 0 Å². The molecule has 1 atom stereocenters. The molecule has 1 aromatic rings. The number of guanidine groups is 1. The van der Waals surface area contributed by atoms with Crippen molar-refractivity contribution >= 4 is 29.9 Å². The zero-order valence-corrected chi connectivity index (χ0v) is 22.0. The van der Waals surface area contributed by atoms with Crippen molar-refractivity contribution in [3.05, 3.63) is 23.8 Å². The summed E-state index contributed by atoms with van der Waals surface area (Å²) in [5.74, 6) is 3.36. The number of nitrogens with zero attached hydrogens (tertiary/aromatic N) is 2. The first-order chi connectivity index (χ1) is 15.2. The highest BCUT2D eigenvalue weighted by molar-refractivity contribution is 14.0. The Kier molecular flexibility index (Phi) is 9.31. The van der Waals surface area contributed by atoms with E-state index in [2.05, 4.69) is 34.6 Å². The third-order valence-electron chi connectivity index (χ3n) is 6.97. The molecule has 2 N–H and O–H groups in total. The standard InChI is InChI=1S/C24H38N4O3.HI/c1-4-25-23(27-17-24(9-10-24)19-6-7-19)26-16-20(28-11-13-31-14-12-28)18-5-8-21(29-2)22(15-18)30-3;/h5,8,15,19-20H,4,6-7,9-14,16-17H2,1-3H3,(H2,25,26,27);1H. The van der Waals surface area contributed by atoms with Gasteiger partial charge in [-0.3, -0.25) is 9.89 Å². The van der Waals surface area contributed by atoms with Crippen LogP contribution in [-0.2, 0) is 4.74 Å². The van der Waals surface area contributed by atoms with Crippen LogP contribution in [0.25, 0.3) is 0 Å². The lowest BCUT2D eigenvalue weighted by molar-refractivity contribution is 0.0169. The topological polar surface area (TPSA) is 67.4 Å². The lowest BCUT2D eigenvalue weighted by Gasteiger charge is -2.35. The number of nitrogens with one attached hydrogen (secondary N) is 2. The fraction of sp³-hybridized carbons (Fsp3) is 0.708. The summed E-state index contributed by atoms with van der Waals surface area (Å²) in [6.45, 7) is 8.07. The van der Waals surface area contributed by atoms with Gasteiger partial charge in [-0.05, 0) is 61.6 Å². The maximum Gasteiger partial charge on any atom is 0.191 e. The normalized spacial score (nSPS) is 21.3. The van der Waals surface area contributed by atoms with Gasteiger partial charge in [0.15, 0.2) is 17.5 Å². The molecule has 0 amide bonds. The van der Waals surface area contributed by atoms with Crippen LogP contribution in [0.3, 0.4) is 0 Å². The second-order valence-electron chi connectivity index (χ2n) is 8.99. The fourth-order valence-corrected chi connectivity index (χ4v) is 4.73. The molecule has 0 radical (unpaired) electrons. The maximum absolute atomic E-state index is 5.60. The van der Waals surface area contributed by atoms with E-state index in [1.165, 1.54) is 31.2 Å². The quantitative estimate of drug-likeness (QED) is 0.261. The van der Waals surface area contributed by atoms with Crippen LogP contribution >= 0.6 is 24.0 Å². The molecule has 0 spiro atoms. The number of halogens is 1. The number of benzene rings is 1. The van der Waals surface area contributed by atoms with Crippen LogP contribution in [-0.4, -0.2) is 71.0 Å². The number of ether oxygens (including phenoxy) is 3. The third kappa shape index (κ3) is 6.20. The van der Waals surface area contributed by atoms with Gasteiger partial charge >= 0.3 is 0 Å². The lowest BCUT2D eigenvalue weighted by Crippen LogP contribution is -2.46. The van der Waals surface area contributed by atoms with E-state index in [4.69, 9.17) is 19.2 Å². The average molecular weight is 559 g/mol. The highest BCUT2D eigenvalue weighted by Crippen LogP contribution is 2.61. The van der Waals surface area contributed by atoms with E-state index >= 15 is 0 Å². The second kappa shape index (κ2) is 11.7. The Morgan fingerprint density at radius 3 is 2.47 bits per heavy atom. The molecule has 2 saturated carbocycles. The first-order valence-corrected chi connectivity index (χ1v) is 11.7. The molecule has 3 aliphatic rings. The Balaban J connectivity index is 0.00000289. The summed E-state index contributed by atoms with van der Waals surface area (Å²) in [4.78, 5) is 7.47. The zero-order valence-electron chi connectivity index (χ0n) is 19.7. The average Bonchev–Trinajstić information content (AvgIpc) is 3.72. The summed E-state index contributed by atoms with van der Waals surface area (Å²) in [6, 6.07) is 6.43. The van der Waals surface area contributed by atoms with Crippen LogP contribution in [0.5, 0.6) is 11.5 Å². The highest BCUT2D eigenvalue weighted by Gasteiger charge is 2.53. The van der Waals surface area contributed by atoms with Crippen LogP contribution in [0.4, 0.5) is 0 Å². The van der Waals surface area contributed by atoms with Gasteiger partial charge in [0.2, 0.25) is 0 Å². The predicted molar refractivity (Wildman–Crippen MR) is 138 cm³/mol. The predicted octanol–water partition coefficient (Wildman–Crippen LogP) is 3.44. The van der Waals surface area contributed by atoms with Crippen molar-refractivity contribution in [2.24, 2.45) is 16.3 Å². The van der Waals surface area contributed by atoms with Gasteiger partial charge in [0.05, 0.1) is 33.5 Å². The number of hydrogen-bond acceptors (Lipinski definition) is 5. The maximum atomic E-state index is 5.60. The van der Waals surface area contributed by atoms with Crippen molar-refractivity contribution in [3.8, 4) is 11.5 Å². The smallest absolute Gasteiger partial charge is 0.191 e. The van der Waals surface area contributed by atoms with Gasteiger partial charge < -0.3 is 24.8 Å². The molecular weight excluding hydrogens is 519 g/mol. The molecule has 1 aromatic carbocycles. The molecule has 32 heavy (non-hydrogen) atoms. The van der Waals surface area contributed by atoms with Crippen molar-refractivity contribution < 1.29 is 14.2 Å². The van der Waals surface area contributed by atoms with E-state index in [9.17, 15) is 0 Å².